The van der Waals surface area contributed by atoms with Crippen molar-refractivity contribution in [3.05, 3.63) is 78.2 Å². The smallest absolute Gasteiger partial charge is 0.153 e. The summed E-state index contributed by atoms with van der Waals surface area (Å²) in [5.74, 6) is 0.663. The van der Waals surface area contributed by atoms with E-state index in [4.69, 9.17) is 5.73 Å². The van der Waals surface area contributed by atoms with Gasteiger partial charge in [0.15, 0.2) is 5.82 Å². The van der Waals surface area contributed by atoms with E-state index < -0.39 is 0 Å². The van der Waals surface area contributed by atoms with Crippen molar-refractivity contribution in [2.24, 2.45) is 0 Å². The lowest BCUT2D eigenvalue weighted by atomic mass is 10.1. The fraction of sp³-hybridized carbons (Fsp3) is 0. The van der Waals surface area contributed by atoms with E-state index in [0.717, 1.165) is 16.8 Å². The molecule has 0 unspecified atom stereocenters. The summed E-state index contributed by atoms with van der Waals surface area (Å²) < 4.78 is 0. The Morgan fingerprint density at radius 2 is 1.73 bits per heavy atom. The van der Waals surface area contributed by atoms with Gasteiger partial charge in [-0.15, -0.1) is 0 Å². The van der Waals surface area contributed by atoms with Gasteiger partial charge in [0.2, 0.25) is 0 Å². The molecule has 0 aliphatic carbocycles. The second-order valence-electron chi connectivity index (χ2n) is 4.81. The summed E-state index contributed by atoms with van der Waals surface area (Å²) in [4.78, 5) is 8.33. The maximum absolute atomic E-state index is 5.90. The molecule has 0 aliphatic heterocycles. The molecule has 0 fully saturated rings. The zero-order valence-corrected chi connectivity index (χ0v) is 12.0. The van der Waals surface area contributed by atoms with Crippen molar-refractivity contribution in [1.82, 2.24) is 9.97 Å². The quantitative estimate of drug-likeness (QED) is 0.762. The Balaban J connectivity index is 1.78. The summed E-state index contributed by atoms with van der Waals surface area (Å²) in [5.41, 5.74) is 9.61. The first kappa shape index (κ1) is 13.8. The molecule has 3 rings (SSSR count). The molecule has 0 atom stereocenters. The van der Waals surface area contributed by atoms with Gasteiger partial charge < -0.3 is 11.1 Å². The molecule has 22 heavy (non-hydrogen) atoms. The molecule has 2 aromatic heterocycles. The molecule has 1 aromatic carbocycles. The molecule has 0 bridgehead atoms. The Bertz CT molecular complexity index is 782. The van der Waals surface area contributed by atoms with Crippen LogP contribution in [0.4, 0.5) is 17.2 Å². The topological polar surface area (TPSA) is 63.8 Å². The van der Waals surface area contributed by atoms with E-state index in [9.17, 15) is 0 Å². The third-order valence-corrected chi connectivity index (χ3v) is 3.14. The third-order valence-electron chi connectivity index (χ3n) is 3.14. The highest BCUT2D eigenvalue weighted by atomic mass is 15.0. The number of nitrogens with zero attached hydrogens (tertiary/aromatic N) is 2. The highest BCUT2D eigenvalue weighted by Crippen LogP contribution is 2.21. The molecule has 0 amide bonds. The molecule has 108 valence electrons. The van der Waals surface area contributed by atoms with Crippen LogP contribution in [0, 0.1) is 0 Å². The van der Waals surface area contributed by atoms with Gasteiger partial charge in [0.1, 0.15) is 0 Å². The lowest BCUT2D eigenvalue weighted by Gasteiger charge is -2.08. The van der Waals surface area contributed by atoms with Crippen LogP contribution in [0.25, 0.3) is 12.2 Å². The molecule has 4 heteroatoms. The van der Waals surface area contributed by atoms with Crippen molar-refractivity contribution in [3.63, 3.8) is 0 Å². The molecule has 0 saturated carbocycles. The summed E-state index contributed by atoms with van der Waals surface area (Å²) >= 11 is 0. The monoisotopic (exact) mass is 288 g/mol. The number of benzene rings is 1. The molecule has 4 nitrogen and oxygen atoms in total. The van der Waals surface area contributed by atoms with E-state index in [-0.39, 0.29) is 0 Å². The second-order valence-corrected chi connectivity index (χ2v) is 4.81. The first-order valence-electron chi connectivity index (χ1n) is 6.97. The Labute approximate surface area is 129 Å². The zero-order valence-electron chi connectivity index (χ0n) is 12.0. The number of nitrogen functional groups attached to an aromatic ring is 1. The predicted octanol–water partition coefficient (Wildman–Crippen LogP) is 3.97. The van der Waals surface area contributed by atoms with Gasteiger partial charge in [-0.05, 0) is 41.5 Å². The molecule has 2 heterocycles. The number of anilines is 3. The van der Waals surface area contributed by atoms with Gasteiger partial charge in [0.25, 0.3) is 0 Å². The van der Waals surface area contributed by atoms with Crippen LogP contribution < -0.4 is 11.1 Å². The number of hydrogen-bond donors (Lipinski definition) is 2. The standard InChI is InChI=1S/C18H16N4/c19-17-7-3-11-21-18(17)22-16-6-1-4-14(12-16)8-9-15-5-2-10-20-13-15/h1-13H,19H2,(H,21,22). The fourth-order valence-electron chi connectivity index (χ4n) is 2.05. The maximum atomic E-state index is 5.90. The van der Waals surface area contributed by atoms with E-state index in [2.05, 4.69) is 15.3 Å². The Morgan fingerprint density at radius 3 is 2.55 bits per heavy atom. The van der Waals surface area contributed by atoms with E-state index in [1.54, 1.807) is 12.4 Å². The fourth-order valence-corrected chi connectivity index (χ4v) is 2.05. The number of pyridine rings is 2. The van der Waals surface area contributed by atoms with Gasteiger partial charge in [-0.2, -0.15) is 0 Å². The Morgan fingerprint density at radius 1 is 0.909 bits per heavy atom. The van der Waals surface area contributed by atoms with Crippen LogP contribution in [0.15, 0.2) is 67.1 Å². The van der Waals surface area contributed by atoms with Crippen molar-refractivity contribution in [2.75, 3.05) is 11.1 Å². The molecule has 3 aromatic rings. The lowest BCUT2D eigenvalue weighted by molar-refractivity contribution is 1.31. The van der Waals surface area contributed by atoms with Crippen LogP contribution in [0.5, 0.6) is 0 Å². The van der Waals surface area contributed by atoms with Crippen molar-refractivity contribution >= 4 is 29.3 Å². The molecule has 0 saturated heterocycles. The van der Waals surface area contributed by atoms with Crippen molar-refractivity contribution in [1.29, 1.82) is 0 Å². The first-order valence-corrected chi connectivity index (χ1v) is 6.97. The highest BCUT2D eigenvalue weighted by molar-refractivity contribution is 5.73. The number of hydrogen-bond acceptors (Lipinski definition) is 4. The van der Waals surface area contributed by atoms with Crippen molar-refractivity contribution in [2.45, 2.75) is 0 Å². The van der Waals surface area contributed by atoms with Crippen LogP contribution in [-0.4, -0.2) is 9.97 Å². The van der Waals surface area contributed by atoms with Crippen molar-refractivity contribution in [3.8, 4) is 0 Å². The Hall–Kier alpha value is -3.14. The van der Waals surface area contributed by atoms with Gasteiger partial charge in [-0.1, -0.05) is 30.4 Å². The minimum atomic E-state index is 0.624. The van der Waals surface area contributed by atoms with Gasteiger partial charge >= 0.3 is 0 Å². The van der Waals surface area contributed by atoms with E-state index in [0.29, 0.717) is 11.5 Å². The van der Waals surface area contributed by atoms with Gasteiger partial charge in [-0.25, -0.2) is 4.98 Å². The predicted molar refractivity (Wildman–Crippen MR) is 91.5 cm³/mol. The minimum absolute atomic E-state index is 0.624. The van der Waals surface area contributed by atoms with Crippen LogP contribution >= 0.6 is 0 Å². The first-order chi connectivity index (χ1) is 10.8. The largest absolute Gasteiger partial charge is 0.396 e. The number of aromatic nitrogens is 2. The molecular weight excluding hydrogens is 272 g/mol. The van der Waals surface area contributed by atoms with Gasteiger partial charge in [-0.3, -0.25) is 4.98 Å². The molecular formula is C18H16N4. The summed E-state index contributed by atoms with van der Waals surface area (Å²) in [5, 5.41) is 3.23. The average Bonchev–Trinajstić information content (AvgIpc) is 2.57. The molecule has 0 aliphatic rings. The van der Waals surface area contributed by atoms with Crippen LogP contribution in [0.3, 0.4) is 0 Å². The van der Waals surface area contributed by atoms with Crippen LogP contribution in [0.2, 0.25) is 0 Å². The summed E-state index contributed by atoms with van der Waals surface area (Å²) in [6.07, 6.45) is 9.38. The molecule has 0 spiro atoms. The lowest BCUT2D eigenvalue weighted by Crippen LogP contribution is -1.98. The SMILES string of the molecule is Nc1cccnc1Nc1cccc(C=Cc2cccnc2)c1. The average molecular weight is 288 g/mol. The van der Waals surface area contributed by atoms with Crippen LogP contribution in [-0.2, 0) is 0 Å². The maximum Gasteiger partial charge on any atom is 0.153 e. The summed E-state index contributed by atoms with van der Waals surface area (Å²) in [6, 6.07) is 15.6. The van der Waals surface area contributed by atoms with Crippen molar-refractivity contribution < 1.29 is 0 Å². The summed E-state index contributed by atoms with van der Waals surface area (Å²) in [7, 11) is 0. The van der Waals surface area contributed by atoms with E-state index >= 15 is 0 Å². The minimum Gasteiger partial charge on any atom is -0.396 e. The van der Waals surface area contributed by atoms with Crippen LogP contribution in [0.1, 0.15) is 11.1 Å². The molecule has 0 radical (unpaired) electrons. The van der Waals surface area contributed by atoms with Gasteiger partial charge in [0, 0.05) is 24.3 Å². The number of rotatable bonds is 4. The van der Waals surface area contributed by atoms with Gasteiger partial charge in [0.05, 0.1) is 5.69 Å². The number of nitrogens with one attached hydrogen (secondary N) is 1. The molecule has 3 N–H and O–H groups in total. The Kier molecular flexibility index (Phi) is 4.11. The summed E-state index contributed by atoms with van der Waals surface area (Å²) in [6.45, 7) is 0. The third kappa shape index (κ3) is 3.49. The van der Waals surface area contributed by atoms with E-state index in [1.807, 2.05) is 66.9 Å². The second kappa shape index (κ2) is 6.54. The normalized spacial score (nSPS) is 10.7. The highest BCUT2D eigenvalue weighted by Gasteiger charge is 2.00. The number of nitrogens with two attached hydrogens (primary N) is 1. The zero-order chi connectivity index (χ0) is 15.2. The van der Waals surface area contributed by atoms with E-state index in [1.165, 1.54) is 0 Å².